The predicted octanol–water partition coefficient (Wildman–Crippen LogP) is 3.09. The molecule has 0 bridgehead atoms. The summed E-state index contributed by atoms with van der Waals surface area (Å²) in [4.78, 5) is 28.0. The Morgan fingerprint density at radius 1 is 1.33 bits per heavy atom. The normalized spacial score (nSPS) is 19.6. The van der Waals surface area contributed by atoms with Crippen LogP contribution in [-0.2, 0) is 9.53 Å². The third-order valence-electron chi connectivity index (χ3n) is 4.86. The number of rotatable bonds is 4. The average Bonchev–Trinajstić information content (AvgIpc) is 3.35. The lowest BCUT2D eigenvalue weighted by Gasteiger charge is -2.49. The van der Waals surface area contributed by atoms with Gasteiger partial charge in [-0.3, -0.25) is 9.78 Å². The second-order valence-electron chi connectivity index (χ2n) is 6.84. The van der Waals surface area contributed by atoms with Crippen LogP contribution in [0, 0.1) is 5.92 Å². The number of carboxylic acid groups (broad SMARTS) is 1. The van der Waals surface area contributed by atoms with Crippen molar-refractivity contribution < 1.29 is 37.3 Å². The molecule has 1 spiro atoms. The van der Waals surface area contributed by atoms with Gasteiger partial charge in [0, 0.05) is 18.7 Å². The number of thiophene rings is 1. The largest absolute Gasteiger partial charge is 0.492 e. The molecular formula is C19H19F3N2O5S. The van der Waals surface area contributed by atoms with E-state index in [1.807, 2.05) is 34.5 Å². The number of pyridine rings is 1. The van der Waals surface area contributed by atoms with Crippen molar-refractivity contribution in [3.63, 3.8) is 0 Å². The molecule has 2 fully saturated rings. The van der Waals surface area contributed by atoms with Crippen LogP contribution in [0.4, 0.5) is 13.2 Å². The number of hydrogen-bond donors (Lipinski definition) is 1. The van der Waals surface area contributed by atoms with Crippen molar-refractivity contribution in [2.45, 2.75) is 18.2 Å². The highest BCUT2D eigenvalue weighted by molar-refractivity contribution is 7.12. The van der Waals surface area contributed by atoms with Gasteiger partial charge in [-0.05, 0) is 30.0 Å². The van der Waals surface area contributed by atoms with Gasteiger partial charge in [0.05, 0.1) is 30.8 Å². The van der Waals surface area contributed by atoms with Gasteiger partial charge >= 0.3 is 12.1 Å². The lowest BCUT2D eigenvalue weighted by atomic mass is 9.81. The van der Waals surface area contributed by atoms with E-state index in [1.54, 1.807) is 12.4 Å². The number of aromatic nitrogens is 1. The van der Waals surface area contributed by atoms with Crippen LogP contribution in [0.2, 0.25) is 0 Å². The van der Waals surface area contributed by atoms with Crippen molar-refractivity contribution >= 4 is 23.2 Å². The zero-order valence-electron chi connectivity index (χ0n) is 15.7. The fourth-order valence-corrected chi connectivity index (χ4v) is 3.99. The number of halogens is 3. The molecule has 7 nitrogen and oxygen atoms in total. The van der Waals surface area contributed by atoms with Gasteiger partial charge in [-0.2, -0.15) is 13.2 Å². The van der Waals surface area contributed by atoms with Crippen LogP contribution in [0.3, 0.4) is 0 Å². The maximum absolute atomic E-state index is 12.4. The van der Waals surface area contributed by atoms with E-state index in [0.29, 0.717) is 25.6 Å². The lowest BCUT2D eigenvalue weighted by molar-refractivity contribution is -0.192. The fourth-order valence-electron chi connectivity index (χ4n) is 3.30. The quantitative estimate of drug-likeness (QED) is 0.780. The first-order valence-corrected chi connectivity index (χ1v) is 9.89. The van der Waals surface area contributed by atoms with Gasteiger partial charge in [-0.1, -0.05) is 6.07 Å². The molecule has 0 saturated carbocycles. The number of ether oxygens (including phenoxy) is 2. The molecule has 0 aliphatic carbocycles. The van der Waals surface area contributed by atoms with Gasteiger partial charge in [0.25, 0.3) is 5.91 Å². The van der Waals surface area contributed by atoms with Gasteiger partial charge in [0.2, 0.25) is 0 Å². The van der Waals surface area contributed by atoms with Gasteiger partial charge in [0.1, 0.15) is 11.4 Å². The van der Waals surface area contributed by atoms with E-state index < -0.39 is 12.1 Å². The number of carbonyl (C=O) groups excluding carboxylic acids is 1. The number of nitrogens with zero attached hydrogens (tertiary/aromatic N) is 2. The van der Waals surface area contributed by atoms with Crippen LogP contribution in [0.5, 0.6) is 5.75 Å². The van der Waals surface area contributed by atoms with Crippen LogP contribution < -0.4 is 4.74 Å². The first kappa shape index (κ1) is 22.0. The zero-order chi connectivity index (χ0) is 21.8. The third kappa shape index (κ3) is 5.08. The first-order valence-electron chi connectivity index (χ1n) is 9.01. The average molecular weight is 444 g/mol. The molecule has 0 radical (unpaired) electrons. The van der Waals surface area contributed by atoms with E-state index in [1.165, 1.54) is 11.3 Å². The zero-order valence-corrected chi connectivity index (χ0v) is 16.5. The van der Waals surface area contributed by atoms with Gasteiger partial charge in [0.15, 0.2) is 0 Å². The number of aliphatic carboxylic acids is 1. The van der Waals surface area contributed by atoms with E-state index in [2.05, 4.69) is 4.98 Å². The minimum Gasteiger partial charge on any atom is -0.492 e. The summed E-state index contributed by atoms with van der Waals surface area (Å²) in [7, 11) is 0. The van der Waals surface area contributed by atoms with Gasteiger partial charge in [-0.15, -0.1) is 11.3 Å². The fraction of sp³-hybridized carbons (Fsp3) is 0.421. The number of alkyl halides is 3. The van der Waals surface area contributed by atoms with Crippen LogP contribution >= 0.6 is 11.3 Å². The molecule has 1 N–H and O–H groups in total. The molecule has 0 aromatic carbocycles. The van der Waals surface area contributed by atoms with E-state index in [4.69, 9.17) is 19.4 Å². The monoisotopic (exact) mass is 444 g/mol. The van der Waals surface area contributed by atoms with Gasteiger partial charge in [-0.25, -0.2) is 4.79 Å². The highest BCUT2D eigenvalue weighted by Crippen LogP contribution is 2.41. The molecule has 1 atom stereocenters. The number of carboxylic acids is 1. The summed E-state index contributed by atoms with van der Waals surface area (Å²) in [6.07, 6.45) is -0.663. The molecule has 2 saturated heterocycles. The Bertz CT molecular complexity index is 855. The van der Waals surface area contributed by atoms with Crippen molar-refractivity contribution in [3.05, 3.63) is 46.9 Å². The topological polar surface area (TPSA) is 89.0 Å². The number of amides is 1. The minimum absolute atomic E-state index is 0.105. The maximum atomic E-state index is 12.4. The second-order valence-corrected chi connectivity index (χ2v) is 7.79. The molecular weight excluding hydrogens is 425 g/mol. The van der Waals surface area contributed by atoms with E-state index in [9.17, 15) is 18.0 Å². The van der Waals surface area contributed by atoms with Crippen molar-refractivity contribution in [2.75, 3.05) is 26.3 Å². The smallest absolute Gasteiger partial charge is 0.490 e. The molecule has 2 aromatic rings. The summed E-state index contributed by atoms with van der Waals surface area (Å²) in [6, 6.07) is 7.55. The molecule has 4 rings (SSSR count). The summed E-state index contributed by atoms with van der Waals surface area (Å²) in [5.41, 5.74) is -0.227. The Hall–Kier alpha value is -2.66. The van der Waals surface area contributed by atoms with E-state index in [0.717, 1.165) is 23.7 Å². The standard InChI is InChI=1S/C17H18N2O3S.C2HF3O2/c20-16(15-4-2-8-23-15)19-11-17(12-19)13(5-7-22-17)10-21-14-3-1-6-18-9-14;3-2(4,5)1(6)7/h1-4,6,8-9,13H,5,7,10-12H2;(H,6,7). The van der Waals surface area contributed by atoms with Crippen molar-refractivity contribution in [1.82, 2.24) is 9.88 Å². The van der Waals surface area contributed by atoms with Crippen molar-refractivity contribution in [1.29, 1.82) is 0 Å². The third-order valence-corrected chi connectivity index (χ3v) is 5.72. The SMILES string of the molecule is O=C(O)C(F)(F)F.O=C(c1cccs1)N1CC2(C1)OCCC2COc1cccnc1. The molecule has 11 heteroatoms. The molecule has 162 valence electrons. The van der Waals surface area contributed by atoms with E-state index in [-0.39, 0.29) is 11.5 Å². The Morgan fingerprint density at radius 2 is 2.07 bits per heavy atom. The number of hydrogen-bond acceptors (Lipinski definition) is 6. The molecule has 2 aliphatic rings. The Labute approximate surface area is 174 Å². The van der Waals surface area contributed by atoms with Crippen LogP contribution in [0.1, 0.15) is 16.1 Å². The summed E-state index contributed by atoms with van der Waals surface area (Å²) in [5, 5.41) is 9.05. The summed E-state index contributed by atoms with van der Waals surface area (Å²) in [5.74, 6) is -1.56. The Kier molecular flexibility index (Phi) is 6.61. The van der Waals surface area contributed by atoms with Crippen LogP contribution in [-0.4, -0.2) is 64.9 Å². The molecule has 30 heavy (non-hydrogen) atoms. The highest BCUT2D eigenvalue weighted by atomic mass is 32.1. The number of carbonyl (C=O) groups is 2. The highest BCUT2D eigenvalue weighted by Gasteiger charge is 2.54. The van der Waals surface area contributed by atoms with Crippen LogP contribution in [0.15, 0.2) is 42.0 Å². The number of likely N-dealkylation sites (tertiary alicyclic amines) is 1. The molecule has 2 aromatic heterocycles. The first-order chi connectivity index (χ1) is 14.2. The summed E-state index contributed by atoms with van der Waals surface area (Å²) >= 11 is 1.48. The predicted molar refractivity (Wildman–Crippen MR) is 100 cm³/mol. The molecule has 2 aliphatic heterocycles. The van der Waals surface area contributed by atoms with E-state index >= 15 is 0 Å². The molecule has 1 amide bonds. The molecule has 4 heterocycles. The lowest BCUT2D eigenvalue weighted by Crippen LogP contribution is -2.66. The van der Waals surface area contributed by atoms with Crippen molar-refractivity contribution in [2.24, 2.45) is 5.92 Å². The van der Waals surface area contributed by atoms with Crippen LogP contribution in [0.25, 0.3) is 0 Å². The Morgan fingerprint density at radius 3 is 2.63 bits per heavy atom. The second kappa shape index (κ2) is 9.00. The van der Waals surface area contributed by atoms with Gasteiger partial charge < -0.3 is 19.5 Å². The maximum Gasteiger partial charge on any atom is 0.490 e. The summed E-state index contributed by atoms with van der Waals surface area (Å²) < 4.78 is 43.6. The minimum atomic E-state index is -5.08. The Balaban J connectivity index is 0.000000318. The summed E-state index contributed by atoms with van der Waals surface area (Å²) in [6.45, 7) is 2.66. The molecule has 1 unspecified atom stereocenters. The van der Waals surface area contributed by atoms with Crippen molar-refractivity contribution in [3.8, 4) is 5.75 Å².